The molecule has 0 amide bonds. The van der Waals surface area contributed by atoms with Crippen LogP contribution in [0.3, 0.4) is 0 Å². The molecule has 21 heavy (non-hydrogen) atoms. The minimum Gasteiger partial charge on any atom is -0.356 e. The van der Waals surface area contributed by atoms with Gasteiger partial charge in [-0.15, -0.1) is 24.0 Å². The van der Waals surface area contributed by atoms with E-state index < -0.39 is 0 Å². The number of aliphatic imine (C=N–C) groups is 1. The summed E-state index contributed by atoms with van der Waals surface area (Å²) in [4.78, 5) is 4.40. The van der Waals surface area contributed by atoms with Crippen LogP contribution in [0, 0.1) is 17.8 Å². The fraction of sp³-hybridized carbons (Fsp3) is 0.938. The molecule has 0 radical (unpaired) electrons. The molecule has 2 N–H and O–H groups in total. The van der Waals surface area contributed by atoms with E-state index in [2.05, 4.69) is 34.3 Å². The molecule has 5 heteroatoms. The Bertz CT molecular complexity index is 349. The standard InChI is InChI=1S/C16H29N3S.HI/c1-16(8-3-9-20-16)11-19-15(17-2)18-10-14(12-4-5-12)13-6-7-13;/h12-14H,3-11H2,1-2H3,(H2,17,18,19);1H. The molecule has 3 rings (SSSR count). The zero-order valence-corrected chi connectivity index (χ0v) is 16.5. The van der Waals surface area contributed by atoms with E-state index in [0.29, 0.717) is 4.75 Å². The highest BCUT2D eigenvalue weighted by molar-refractivity contribution is 14.0. The van der Waals surface area contributed by atoms with Crippen molar-refractivity contribution >= 4 is 41.7 Å². The highest BCUT2D eigenvalue weighted by Crippen LogP contribution is 2.48. The zero-order chi connectivity index (χ0) is 14.0. The molecule has 0 bridgehead atoms. The van der Waals surface area contributed by atoms with Gasteiger partial charge in [0.05, 0.1) is 0 Å². The maximum absolute atomic E-state index is 4.40. The van der Waals surface area contributed by atoms with Gasteiger partial charge in [-0.3, -0.25) is 4.99 Å². The maximum Gasteiger partial charge on any atom is 0.191 e. The van der Waals surface area contributed by atoms with E-state index in [4.69, 9.17) is 0 Å². The molecule has 1 atom stereocenters. The molecule has 1 saturated heterocycles. The first-order valence-corrected chi connectivity index (χ1v) is 9.27. The molecule has 122 valence electrons. The van der Waals surface area contributed by atoms with Gasteiger partial charge in [-0.1, -0.05) is 0 Å². The average molecular weight is 423 g/mol. The van der Waals surface area contributed by atoms with Crippen LogP contribution < -0.4 is 10.6 Å². The summed E-state index contributed by atoms with van der Waals surface area (Å²) in [5.74, 6) is 5.25. The first-order valence-electron chi connectivity index (χ1n) is 8.29. The van der Waals surface area contributed by atoms with E-state index in [1.807, 2.05) is 7.05 Å². The van der Waals surface area contributed by atoms with Gasteiger partial charge in [-0.2, -0.15) is 11.8 Å². The lowest BCUT2D eigenvalue weighted by Gasteiger charge is -2.25. The third kappa shape index (κ3) is 5.19. The summed E-state index contributed by atoms with van der Waals surface area (Å²) < 4.78 is 0.407. The number of rotatable bonds is 6. The fourth-order valence-corrected chi connectivity index (χ4v) is 4.69. The van der Waals surface area contributed by atoms with Gasteiger partial charge in [-0.25, -0.2) is 0 Å². The predicted octanol–water partition coefficient (Wildman–Crippen LogP) is 3.49. The van der Waals surface area contributed by atoms with Gasteiger partial charge in [-0.05, 0) is 69.0 Å². The van der Waals surface area contributed by atoms with Gasteiger partial charge in [0.15, 0.2) is 5.96 Å². The van der Waals surface area contributed by atoms with Gasteiger partial charge >= 0.3 is 0 Å². The second-order valence-corrected chi connectivity index (χ2v) is 8.73. The lowest BCUT2D eigenvalue weighted by atomic mass is 9.98. The Balaban J connectivity index is 0.00000161. The normalized spacial score (nSPS) is 29.4. The fourth-order valence-electron chi connectivity index (χ4n) is 3.45. The topological polar surface area (TPSA) is 36.4 Å². The first kappa shape index (κ1) is 17.7. The van der Waals surface area contributed by atoms with E-state index in [1.165, 1.54) is 44.3 Å². The van der Waals surface area contributed by atoms with Crippen molar-refractivity contribution in [3.8, 4) is 0 Å². The van der Waals surface area contributed by atoms with Crippen molar-refractivity contribution in [2.45, 2.75) is 50.2 Å². The summed E-state index contributed by atoms with van der Waals surface area (Å²) in [6.45, 7) is 4.54. The van der Waals surface area contributed by atoms with Crippen molar-refractivity contribution < 1.29 is 0 Å². The van der Waals surface area contributed by atoms with Crippen LogP contribution in [-0.2, 0) is 0 Å². The van der Waals surface area contributed by atoms with E-state index in [0.717, 1.165) is 36.8 Å². The monoisotopic (exact) mass is 423 g/mol. The molecule has 0 aromatic rings. The highest BCUT2D eigenvalue weighted by Gasteiger charge is 2.41. The van der Waals surface area contributed by atoms with Gasteiger partial charge in [0.25, 0.3) is 0 Å². The Kier molecular flexibility index (Phi) is 6.53. The van der Waals surface area contributed by atoms with Crippen molar-refractivity contribution in [1.82, 2.24) is 10.6 Å². The van der Waals surface area contributed by atoms with Crippen LogP contribution in [0.4, 0.5) is 0 Å². The van der Waals surface area contributed by atoms with Gasteiger partial charge in [0.2, 0.25) is 0 Å². The average Bonchev–Trinajstić information content (AvgIpc) is 3.35. The molecule has 2 aliphatic carbocycles. The molecule has 3 aliphatic rings. The molecular weight excluding hydrogens is 393 g/mol. The number of hydrogen-bond donors (Lipinski definition) is 2. The molecule has 0 aromatic heterocycles. The second-order valence-electron chi connectivity index (χ2n) is 7.05. The van der Waals surface area contributed by atoms with E-state index in [1.54, 1.807) is 0 Å². The number of guanidine groups is 1. The number of nitrogens with one attached hydrogen (secondary N) is 2. The number of halogens is 1. The third-order valence-electron chi connectivity index (χ3n) is 5.11. The summed E-state index contributed by atoms with van der Waals surface area (Å²) >= 11 is 2.11. The van der Waals surface area contributed by atoms with Crippen LogP contribution in [0.5, 0.6) is 0 Å². The Morgan fingerprint density at radius 1 is 1.24 bits per heavy atom. The molecule has 3 fully saturated rings. The minimum absolute atomic E-state index is 0. The van der Waals surface area contributed by atoms with Crippen molar-refractivity contribution in [3.05, 3.63) is 0 Å². The highest BCUT2D eigenvalue weighted by atomic mass is 127. The number of nitrogens with zero attached hydrogens (tertiary/aromatic N) is 1. The summed E-state index contributed by atoms with van der Waals surface area (Å²) in [5, 5.41) is 7.13. The van der Waals surface area contributed by atoms with Crippen molar-refractivity contribution in [2.24, 2.45) is 22.7 Å². The van der Waals surface area contributed by atoms with Crippen molar-refractivity contribution in [3.63, 3.8) is 0 Å². The van der Waals surface area contributed by atoms with Crippen LogP contribution >= 0.6 is 35.7 Å². The maximum atomic E-state index is 4.40. The molecular formula is C16H30IN3S. The van der Waals surface area contributed by atoms with Gasteiger partial charge in [0, 0.05) is 24.9 Å². The Morgan fingerprint density at radius 3 is 2.38 bits per heavy atom. The molecule has 2 saturated carbocycles. The Hall–Kier alpha value is 0.350. The summed E-state index contributed by atoms with van der Waals surface area (Å²) in [7, 11) is 1.89. The van der Waals surface area contributed by atoms with Crippen LogP contribution in [0.15, 0.2) is 4.99 Å². The molecule has 3 nitrogen and oxygen atoms in total. The molecule has 1 aliphatic heterocycles. The van der Waals surface area contributed by atoms with E-state index >= 15 is 0 Å². The summed E-state index contributed by atoms with van der Waals surface area (Å²) in [6, 6.07) is 0. The Morgan fingerprint density at radius 2 is 1.90 bits per heavy atom. The SMILES string of the molecule is CN=C(NCC(C1CC1)C1CC1)NCC1(C)CCCS1.I. The molecule has 0 aromatic carbocycles. The molecule has 1 heterocycles. The van der Waals surface area contributed by atoms with Gasteiger partial charge < -0.3 is 10.6 Å². The quantitative estimate of drug-likeness (QED) is 0.390. The smallest absolute Gasteiger partial charge is 0.191 e. The minimum atomic E-state index is 0. The van der Waals surface area contributed by atoms with E-state index in [9.17, 15) is 0 Å². The number of thioether (sulfide) groups is 1. The predicted molar refractivity (Wildman–Crippen MR) is 104 cm³/mol. The summed E-state index contributed by atoms with van der Waals surface area (Å²) in [5.41, 5.74) is 0. The Labute approximate surface area is 150 Å². The molecule has 0 spiro atoms. The number of hydrogen-bond acceptors (Lipinski definition) is 2. The lowest BCUT2D eigenvalue weighted by Crippen LogP contribution is -2.45. The van der Waals surface area contributed by atoms with Crippen LogP contribution in [0.2, 0.25) is 0 Å². The summed E-state index contributed by atoms with van der Waals surface area (Å²) in [6.07, 6.45) is 8.54. The van der Waals surface area contributed by atoms with Crippen LogP contribution in [-0.4, -0.2) is 36.6 Å². The largest absolute Gasteiger partial charge is 0.356 e. The van der Waals surface area contributed by atoms with Crippen molar-refractivity contribution in [1.29, 1.82) is 0 Å². The first-order chi connectivity index (χ1) is 9.70. The zero-order valence-electron chi connectivity index (χ0n) is 13.4. The third-order valence-corrected chi connectivity index (χ3v) is 6.65. The van der Waals surface area contributed by atoms with Crippen molar-refractivity contribution in [2.75, 3.05) is 25.9 Å². The molecule has 1 unspecified atom stereocenters. The second kappa shape index (κ2) is 7.75. The lowest BCUT2D eigenvalue weighted by molar-refractivity contribution is 0.400. The van der Waals surface area contributed by atoms with Crippen LogP contribution in [0.1, 0.15) is 45.4 Å². The van der Waals surface area contributed by atoms with E-state index in [-0.39, 0.29) is 24.0 Å². The van der Waals surface area contributed by atoms with Crippen LogP contribution in [0.25, 0.3) is 0 Å². The van der Waals surface area contributed by atoms with Gasteiger partial charge in [0.1, 0.15) is 0 Å².